The van der Waals surface area contributed by atoms with Gasteiger partial charge in [-0.05, 0) is 76.9 Å². The number of amides is 1. The lowest BCUT2D eigenvalue weighted by Crippen LogP contribution is -2.27. The van der Waals surface area contributed by atoms with Crippen molar-refractivity contribution in [2.45, 2.75) is 19.5 Å². The van der Waals surface area contributed by atoms with Gasteiger partial charge in [0, 0.05) is 5.39 Å². The molecule has 1 heterocycles. The highest BCUT2D eigenvalue weighted by molar-refractivity contribution is 6.07. The smallest absolute Gasteiger partial charge is 0.335 e. The van der Waals surface area contributed by atoms with Gasteiger partial charge in [0.25, 0.3) is 5.91 Å². The van der Waals surface area contributed by atoms with Crippen LogP contribution in [0.1, 0.15) is 44.8 Å². The van der Waals surface area contributed by atoms with Gasteiger partial charge in [-0.1, -0.05) is 54.6 Å². The van der Waals surface area contributed by atoms with E-state index in [0.717, 1.165) is 16.3 Å². The Bertz CT molecular complexity index is 1960. The molecule has 5 aromatic carbocycles. The molecule has 208 valence electrons. The van der Waals surface area contributed by atoms with Crippen LogP contribution in [0.3, 0.4) is 0 Å². The first-order chi connectivity index (χ1) is 20.3. The largest absolute Gasteiger partial charge is 0.478 e. The normalized spacial score (nSPS) is 12.0. The van der Waals surface area contributed by atoms with E-state index >= 15 is 0 Å². The minimum Gasteiger partial charge on any atom is -0.478 e. The SMILES string of the molecule is C[C@H](NC(=O)c1cc(-c2c(F)cccc2F)cc2cnn(Cc3ccc4ccccc4c3)c12)c1ccc(C(=O)O)cc1. The number of aromatic nitrogens is 2. The number of carbonyl (C=O) groups is 2. The predicted molar refractivity (Wildman–Crippen MR) is 157 cm³/mol. The monoisotopic (exact) mass is 561 g/mol. The second-order valence-corrected chi connectivity index (χ2v) is 10.2. The number of carboxylic acid groups (broad SMARTS) is 1. The van der Waals surface area contributed by atoms with Gasteiger partial charge in [0.05, 0.1) is 41.0 Å². The summed E-state index contributed by atoms with van der Waals surface area (Å²) in [6.07, 6.45) is 1.59. The molecule has 6 rings (SSSR count). The van der Waals surface area contributed by atoms with Crippen LogP contribution in [0, 0.1) is 11.6 Å². The summed E-state index contributed by atoms with van der Waals surface area (Å²) >= 11 is 0. The number of hydrogen-bond donors (Lipinski definition) is 2. The van der Waals surface area contributed by atoms with Crippen molar-refractivity contribution in [1.82, 2.24) is 15.1 Å². The van der Waals surface area contributed by atoms with Gasteiger partial charge in [-0.15, -0.1) is 0 Å². The highest BCUT2D eigenvalue weighted by Gasteiger charge is 2.22. The summed E-state index contributed by atoms with van der Waals surface area (Å²) in [5, 5.41) is 19.4. The Hall–Kier alpha value is -5.37. The van der Waals surface area contributed by atoms with Crippen LogP contribution in [-0.2, 0) is 6.54 Å². The summed E-state index contributed by atoms with van der Waals surface area (Å²) < 4.78 is 31.3. The number of nitrogens with one attached hydrogen (secondary N) is 1. The molecule has 0 saturated heterocycles. The van der Waals surface area contributed by atoms with Crippen LogP contribution in [0.15, 0.2) is 103 Å². The molecule has 2 N–H and O–H groups in total. The van der Waals surface area contributed by atoms with E-state index in [1.807, 2.05) is 36.4 Å². The van der Waals surface area contributed by atoms with Crippen LogP contribution in [0.25, 0.3) is 32.8 Å². The van der Waals surface area contributed by atoms with Gasteiger partial charge >= 0.3 is 5.97 Å². The molecule has 1 amide bonds. The van der Waals surface area contributed by atoms with Crippen molar-refractivity contribution in [2.75, 3.05) is 0 Å². The molecule has 1 aromatic heterocycles. The molecule has 8 heteroatoms. The molecule has 0 unspecified atom stereocenters. The second kappa shape index (κ2) is 10.9. The second-order valence-electron chi connectivity index (χ2n) is 10.2. The molecule has 1 atom stereocenters. The molecular weight excluding hydrogens is 536 g/mol. The molecule has 6 aromatic rings. The van der Waals surface area contributed by atoms with Crippen LogP contribution in [0.5, 0.6) is 0 Å². The molecule has 0 aliphatic rings. The van der Waals surface area contributed by atoms with Crippen molar-refractivity contribution in [1.29, 1.82) is 0 Å². The Morgan fingerprint density at radius 3 is 2.29 bits per heavy atom. The van der Waals surface area contributed by atoms with Gasteiger partial charge in [-0.25, -0.2) is 13.6 Å². The Kier molecular flexibility index (Phi) is 6.96. The number of benzene rings is 5. The quantitative estimate of drug-likeness (QED) is 0.213. The fourth-order valence-corrected chi connectivity index (χ4v) is 5.23. The van der Waals surface area contributed by atoms with Crippen molar-refractivity contribution < 1.29 is 23.5 Å². The molecule has 0 fully saturated rings. The Morgan fingerprint density at radius 2 is 1.57 bits per heavy atom. The van der Waals surface area contributed by atoms with Crippen LogP contribution < -0.4 is 5.32 Å². The molecular formula is C34H25F2N3O3. The van der Waals surface area contributed by atoms with Crippen LogP contribution >= 0.6 is 0 Å². The molecule has 0 aliphatic heterocycles. The minimum absolute atomic E-state index is 0.135. The first kappa shape index (κ1) is 26.8. The number of rotatable bonds is 7. The van der Waals surface area contributed by atoms with Gasteiger partial charge < -0.3 is 10.4 Å². The van der Waals surface area contributed by atoms with E-state index in [1.54, 1.807) is 36.0 Å². The van der Waals surface area contributed by atoms with Crippen LogP contribution in [0.2, 0.25) is 0 Å². The summed E-state index contributed by atoms with van der Waals surface area (Å²) in [6.45, 7) is 2.14. The standard InChI is InChI=1S/C34H25F2N3O3/c1-20(22-11-13-24(14-12-22)34(41)42)38-33(40)28-17-26(31-29(35)7-4-8-30(31)36)16-27-18-37-39(32(27)28)19-21-9-10-23-5-2-3-6-25(23)15-21/h2-18,20H,19H2,1H3,(H,38,40)(H,41,42)/t20-/m0/s1. The Balaban J connectivity index is 1.42. The third-order valence-corrected chi connectivity index (χ3v) is 7.38. The summed E-state index contributed by atoms with van der Waals surface area (Å²) in [7, 11) is 0. The Labute approximate surface area is 239 Å². The number of fused-ring (bicyclic) bond motifs is 2. The Morgan fingerprint density at radius 1 is 0.857 bits per heavy atom. The summed E-state index contributed by atoms with van der Waals surface area (Å²) in [6, 6.07) is 26.6. The van der Waals surface area contributed by atoms with E-state index in [0.29, 0.717) is 23.0 Å². The van der Waals surface area contributed by atoms with E-state index in [4.69, 9.17) is 0 Å². The first-order valence-electron chi connectivity index (χ1n) is 13.3. The van der Waals surface area contributed by atoms with Gasteiger partial charge in [0.15, 0.2) is 0 Å². The van der Waals surface area contributed by atoms with Gasteiger partial charge in [-0.3, -0.25) is 9.48 Å². The van der Waals surface area contributed by atoms with E-state index in [1.165, 1.54) is 36.4 Å². The number of carboxylic acids is 1. The fourth-order valence-electron chi connectivity index (χ4n) is 5.23. The maximum atomic E-state index is 14.8. The highest BCUT2D eigenvalue weighted by atomic mass is 19.1. The summed E-state index contributed by atoms with van der Waals surface area (Å²) in [4.78, 5) is 25.1. The van der Waals surface area contributed by atoms with E-state index in [2.05, 4.69) is 16.5 Å². The fraction of sp³-hybridized carbons (Fsp3) is 0.0882. The lowest BCUT2D eigenvalue weighted by Gasteiger charge is -2.17. The lowest BCUT2D eigenvalue weighted by atomic mass is 9.98. The molecule has 0 bridgehead atoms. The van der Waals surface area contributed by atoms with Crippen molar-refractivity contribution in [2.24, 2.45) is 0 Å². The molecule has 0 radical (unpaired) electrons. The number of nitrogens with zero attached hydrogens (tertiary/aromatic N) is 2. The highest BCUT2D eigenvalue weighted by Crippen LogP contribution is 2.32. The predicted octanol–water partition coefficient (Wildman–Crippen LogP) is 7.37. The van der Waals surface area contributed by atoms with Crippen molar-refractivity contribution >= 4 is 33.6 Å². The number of aromatic carboxylic acids is 1. The lowest BCUT2D eigenvalue weighted by molar-refractivity contribution is 0.0696. The minimum atomic E-state index is -1.04. The van der Waals surface area contributed by atoms with Crippen LogP contribution in [-0.4, -0.2) is 26.8 Å². The maximum Gasteiger partial charge on any atom is 0.335 e. The van der Waals surface area contributed by atoms with E-state index in [9.17, 15) is 23.5 Å². The van der Waals surface area contributed by atoms with Gasteiger partial charge in [0.1, 0.15) is 11.6 Å². The van der Waals surface area contributed by atoms with Crippen molar-refractivity contribution in [3.8, 4) is 11.1 Å². The van der Waals surface area contributed by atoms with Crippen molar-refractivity contribution in [3.05, 3.63) is 137 Å². The molecule has 0 aliphatic carbocycles. The molecule has 6 nitrogen and oxygen atoms in total. The van der Waals surface area contributed by atoms with Crippen LogP contribution in [0.4, 0.5) is 8.78 Å². The molecule has 0 saturated carbocycles. The third-order valence-electron chi connectivity index (χ3n) is 7.38. The zero-order valence-electron chi connectivity index (χ0n) is 22.5. The summed E-state index contributed by atoms with van der Waals surface area (Å²) in [5.74, 6) is -2.99. The van der Waals surface area contributed by atoms with Gasteiger partial charge in [-0.2, -0.15) is 5.10 Å². The number of carbonyl (C=O) groups excluding carboxylic acids is 1. The maximum absolute atomic E-state index is 14.8. The zero-order valence-corrected chi connectivity index (χ0v) is 22.5. The third kappa shape index (κ3) is 5.10. The van der Waals surface area contributed by atoms with Gasteiger partial charge in [0.2, 0.25) is 0 Å². The van der Waals surface area contributed by atoms with E-state index < -0.39 is 29.6 Å². The zero-order chi connectivity index (χ0) is 29.4. The molecule has 42 heavy (non-hydrogen) atoms. The average Bonchev–Trinajstić information content (AvgIpc) is 3.39. The molecule has 0 spiro atoms. The van der Waals surface area contributed by atoms with Crippen molar-refractivity contribution in [3.63, 3.8) is 0 Å². The van der Waals surface area contributed by atoms with E-state index in [-0.39, 0.29) is 22.3 Å². The number of hydrogen-bond acceptors (Lipinski definition) is 3. The number of halogens is 2. The summed E-state index contributed by atoms with van der Waals surface area (Å²) in [5.41, 5.74) is 2.52. The average molecular weight is 562 g/mol. The first-order valence-corrected chi connectivity index (χ1v) is 13.3. The topological polar surface area (TPSA) is 84.2 Å².